The number of rotatable bonds is 3. The molecule has 0 atom stereocenters. The number of nitrogens with zero attached hydrogens (tertiary/aromatic N) is 2. The van der Waals surface area contributed by atoms with Gasteiger partial charge in [0.15, 0.2) is 0 Å². The Morgan fingerprint density at radius 1 is 1.41 bits per heavy atom. The summed E-state index contributed by atoms with van der Waals surface area (Å²) in [5.41, 5.74) is -1.79. The summed E-state index contributed by atoms with van der Waals surface area (Å²) in [5.74, 6) is 0. The third kappa shape index (κ3) is 2.60. The Hall–Kier alpha value is -2.36. The fraction of sp³-hybridized carbons (Fsp3) is 0.100. The van der Waals surface area contributed by atoms with Gasteiger partial charge in [-0.1, -0.05) is 0 Å². The van der Waals surface area contributed by atoms with E-state index in [-0.39, 0.29) is 12.1 Å². The van der Waals surface area contributed by atoms with Crippen LogP contribution in [-0.2, 0) is 11.0 Å². The third-order valence-corrected chi connectivity index (χ3v) is 1.98. The number of benzene rings is 1. The number of carbonyl (C=O) groups is 1. The van der Waals surface area contributed by atoms with Crippen LogP contribution in [0.2, 0.25) is 0 Å². The molecule has 0 radical (unpaired) electrons. The van der Waals surface area contributed by atoms with E-state index >= 15 is 0 Å². The maximum absolute atomic E-state index is 12.6. The summed E-state index contributed by atoms with van der Waals surface area (Å²) in [4.78, 5) is 11.1. The van der Waals surface area contributed by atoms with Crippen molar-refractivity contribution in [1.29, 1.82) is 10.7 Å². The predicted octanol–water partition coefficient (Wildman–Crippen LogP) is 2.15. The van der Waals surface area contributed by atoms with E-state index in [0.29, 0.717) is 17.3 Å². The van der Waals surface area contributed by atoms with Crippen LogP contribution in [0.25, 0.3) is 0 Å². The molecule has 0 unspecified atom stereocenters. The minimum absolute atomic E-state index is 0.124. The summed E-state index contributed by atoms with van der Waals surface area (Å²) in [7, 11) is 0. The summed E-state index contributed by atoms with van der Waals surface area (Å²) in [5, 5.41) is 15.4. The molecule has 7 heteroatoms. The lowest BCUT2D eigenvalue weighted by Gasteiger charge is -2.14. The van der Waals surface area contributed by atoms with Crippen LogP contribution in [-0.4, -0.2) is 12.7 Å². The lowest BCUT2D eigenvalue weighted by molar-refractivity contribution is -0.137. The van der Waals surface area contributed by atoms with Crippen LogP contribution in [0.3, 0.4) is 0 Å². The molecule has 0 aliphatic carbocycles. The molecule has 1 N–H and O–H groups in total. The van der Waals surface area contributed by atoms with Crippen molar-refractivity contribution < 1.29 is 18.0 Å². The second kappa shape index (κ2) is 4.65. The van der Waals surface area contributed by atoms with Gasteiger partial charge in [0.05, 0.1) is 29.2 Å². The Labute approximate surface area is 94.4 Å². The molecule has 0 aliphatic rings. The van der Waals surface area contributed by atoms with Crippen LogP contribution in [0.1, 0.15) is 11.1 Å². The fourth-order valence-corrected chi connectivity index (χ4v) is 1.19. The molecule has 4 nitrogen and oxygen atoms in total. The minimum Gasteiger partial charge on any atom is -0.291 e. The molecule has 1 aromatic carbocycles. The Bertz CT molecular complexity index is 483. The molecule has 0 saturated carbocycles. The van der Waals surface area contributed by atoms with E-state index in [9.17, 15) is 18.0 Å². The number of anilines is 1. The molecule has 0 aliphatic heterocycles. The number of nitrogens with one attached hydrogen (secondary N) is 1. The van der Waals surface area contributed by atoms with Crippen LogP contribution in [0.5, 0.6) is 0 Å². The topological polar surface area (TPSA) is 68.0 Å². The number of amides is 1. The van der Waals surface area contributed by atoms with Gasteiger partial charge in [-0.2, -0.15) is 18.4 Å². The number of nitriles is 1. The highest BCUT2D eigenvalue weighted by Gasteiger charge is 2.34. The number of hydrogen-bond donors (Lipinski definition) is 1. The van der Waals surface area contributed by atoms with Crippen LogP contribution in [0.4, 0.5) is 18.9 Å². The maximum atomic E-state index is 12.6. The smallest absolute Gasteiger partial charge is 0.291 e. The molecule has 0 spiro atoms. The van der Waals surface area contributed by atoms with E-state index in [0.717, 1.165) is 12.1 Å². The monoisotopic (exact) mass is 241 g/mol. The quantitative estimate of drug-likeness (QED) is 0.500. The first-order valence-corrected chi connectivity index (χ1v) is 4.29. The average Bonchev–Trinajstić information content (AvgIpc) is 2.29. The molecule has 0 fully saturated rings. The highest BCUT2D eigenvalue weighted by molar-refractivity contribution is 5.96. The van der Waals surface area contributed by atoms with Crippen molar-refractivity contribution in [2.24, 2.45) is 0 Å². The second-order valence-corrected chi connectivity index (χ2v) is 2.98. The summed E-state index contributed by atoms with van der Waals surface area (Å²) in [6, 6.07) is 4.19. The lowest BCUT2D eigenvalue weighted by Crippen LogP contribution is -2.19. The van der Waals surface area contributed by atoms with Gasteiger partial charge in [-0.05, 0) is 18.2 Å². The molecule has 0 saturated heterocycles. The van der Waals surface area contributed by atoms with Crippen LogP contribution >= 0.6 is 0 Å². The molecule has 17 heavy (non-hydrogen) atoms. The standard InChI is InChI=1S/C10H6F3N3O/c11-10(12,13)9-3-8(16(5-15)6-17)2-1-7(9)4-14/h1-3,5-6,15H. The lowest BCUT2D eigenvalue weighted by atomic mass is 10.1. The summed E-state index contributed by atoms with van der Waals surface area (Å²) in [6.45, 7) is 0. The molecule has 1 amide bonds. The first-order chi connectivity index (χ1) is 7.93. The van der Waals surface area contributed by atoms with Crippen molar-refractivity contribution in [1.82, 2.24) is 0 Å². The SMILES string of the molecule is N#Cc1ccc(N(C=N)C=O)cc1C(F)(F)F. The second-order valence-electron chi connectivity index (χ2n) is 2.98. The van der Waals surface area contributed by atoms with Crippen molar-refractivity contribution in [2.75, 3.05) is 4.90 Å². The van der Waals surface area contributed by atoms with Gasteiger partial charge in [0, 0.05) is 0 Å². The Morgan fingerprint density at radius 3 is 2.47 bits per heavy atom. The Kier molecular flexibility index (Phi) is 3.48. The maximum Gasteiger partial charge on any atom is 0.417 e. The van der Waals surface area contributed by atoms with Crippen molar-refractivity contribution in [3.63, 3.8) is 0 Å². The van der Waals surface area contributed by atoms with Crippen LogP contribution < -0.4 is 4.90 Å². The van der Waals surface area contributed by atoms with Crippen LogP contribution in [0.15, 0.2) is 18.2 Å². The first-order valence-electron chi connectivity index (χ1n) is 4.29. The van der Waals surface area contributed by atoms with E-state index < -0.39 is 17.3 Å². The van der Waals surface area contributed by atoms with Crippen molar-refractivity contribution in [3.8, 4) is 6.07 Å². The summed E-state index contributed by atoms with van der Waals surface area (Å²) in [6.07, 6.45) is -3.90. The van der Waals surface area contributed by atoms with E-state index in [1.165, 1.54) is 6.07 Å². The van der Waals surface area contributed by atoms with Gasteiger partial charge in [0.25, 0.3) is 0 Å². The van der Waals surface area contributed by atoms with E-state index in [2.05, 4.69) is 0 Å². The number of carbonyl (C=O) groups excluding carboxylic acids is 1. The normalized spacial score (nSPS) is 10.5. The molecule has 88 valence electrons. The highest BCUT2D eigenvalue weighted by Crippen LogP contribution is 2.34. The predicted molar refractivity (Wildman–Crippen MR) is 53.5 cm³/mol. The van der Waals surface area contributed by atoms with E-state index in [1.54, 1.807) is 0 Å². The summed E-state index contributed by atoms with van der Waals surface area (Å²) < 4.78 is 37.7. The highest BCUT2D eigenvalue weighted by atomic mass is 19.4. The van der Waals surface area contributed by atoms with Crippen molar-refractivity contribution in [2.45, 2.75) is 6.18 Å². The Morgan fingerprint density at radius 2 is 2.06 bits per heavy atom. The molecule has 0 heterocycles. The average molecular weight is 241 g/mol. The number of hydrogen-bond acceptors (Lipinski definition) is 3. The summed E-state index contributed by atoms with van der Waals surface area (Å²) >= 11 is 0. The Balaban J connectivity index is 3.38. The van der Waals surface area contributed by atoms with E-state index in [4.69, 9.17) is 10.7 Å². The molecular weight excluding hydrogens is 235 g/mol. The van der Waals surface area contributed by atoms with Gasteiger partial charge < -0.3 is 0 Å². The molecule has 0 bridgehead atoms. The van der Waals surface area contributed by atoms with Crippen molar-refractivity contribution in [3.05, 3.63) is 29.3 Å². The van der Waals surface area contributed by atoms with Gasteiger partial charge in [0.1, 0.15) is 0 Å². The van der Waals surface area contributed by atoms with Crippen LogP contribution in [0, 0.1) is 16.7 Å². The van der Waals surface area contributed by atoms with Gasteiger partial charge >= 0.3 is 6.18 Å². The van der Waals surface area contributed by atoms with E-state index in [1.807, 2.05) is 0 Å². The molecule has 0 aromatic heterocycles. The number of alkyl halides is 3. The number of halogens is 3. The zero-order chi connectivity index (χ0) is 13.1. The molecule has 1 rings (SSSR count). The largest absolute Gasteiger partial charge is 0.417 e. The van der Waals surface area contributed by atoms with Gasteiger partial charge in [-0.3, -0.25) is 15.1 Å². The first kappa shape index (κ1) is 12.7. The van der Waals surface area contributed by atoms with Crippen molar-refractivity contribution >= 4 is 18.4 Å². The minimum atomic E-state index is -4.68. The molecular formula is C10H6F3N3O. The van der Waals surface area contributed by atoms with Gasteiger partial charge in [0.2, 0.25) is 6.41 Å². The van der Waals surface area contributed by atoms with Gasteiger partial charge in [-0.15, -0.1) is 0 Å². The zero-order valence-corrected chi connectivity index (χ0v) is 8.32. The zero-order valence-electron chi connectivity index (χ0n) is 8.32. The fourth-order valence-electron chi connectivity index (χ4n) is 1.19. The third-order valence-electron chi connectivity index (χ3n) is 1.98. The van der Waals surface area contributed by atoms with Gasteiger partial charge in [-0.25, -0.2) is 0 Å². The molecule has 1 aromatic rings.